The van der Waals surface area contributed by atoms with Gasteiger partial charge in [-0.05, 0) is 13.8 Å². The quantitative estimate of drug-likeness (QED) is 0.845. The number of hydrogen-bond donors (Lipinski definition) is 1. The Morgan fingerprint density at radius 3 is 2.82 bits per heavy atom. The van der Waals surface area contributed by atoms with Crippen LogP contribution in [0.2, 0.25) is 0 Å². The van der Waals surface area contributed by atoms with Crippen molar-refractivity contribution in [2.75, 3.05) is 0 Å². The van der Waals surface area contributed by atoms with Crippen LogP contribution in [0.25, 0.3) is 0 Å². The Bertz CT molecular complexity index is 483. The van der Waals surface area contributed by atoms with Gasteiger partial charge in [0.1, 0.15) is 5.82 Å². The van der Waals surface area contributed by atoms with Crippen LogP contribution >= 0.6 is 0 Å². The summed E-state index contributed by atoms with van der Waals surface area (Å²) in [5.41, 5.74) is 2.44. The molecule has 0 radical (unpaired) electrons. The van der Waals surface area contributed by atoms with Crippen molar-refractivity contribution in [1.82, 2.24) is 24.6 Å². The average molecular weight is 233 g/mol. The van der Waals surface area contributed by atoms with E-state index in [0.29, 0.717) is 0 Å². The molecule has 0 spiro atoms. The van der Waals surface area contributed by atoms with Crippen LogP contribution in [0.5, 0.6) is 0 Å². The highest BCUT2D eigenvalue weighted by Crippen LogP contribution is 2.05. The molecular formula is C12H19N5. The lowest BCUT2D eigenvalue weighted by atomic mass is 10.2. The molecule has 0 amide bonds. The molecule has 1 N–H and O–H groups in total. The van der Waals surface area contributed by atoms with Gasteiger partial charge in [-0.15, -0.1) is 0 Å². The maximum Gasteiger partial charge on any atom is 0.122 e. The summed E-state index contributed by atoms with van der Waals surface area (Å²) in [6, 6.07) is 0. The molecule has 0 unspecified atom stereocenters. The van der Waals surface area contributed by atoms with Gasteiger partial charge >= 0.3 is 0 Å². The van der Waals surface area contributed by atoms with Crippen LogP contribution < -0.4 is 5.32 Å². The Morgan fingerprint density at radius 2 is 2.18 bits per heavy atom. The molecule has 0 aliphatic heterocycles. The lowest BCUT2D eigenvalue weighted by Gasteiger charge is -2.06. The number of hydrogen-bond acceptors (Lipinski definition) is 3. The van der Waals surface area contributed by atoms with Gasteiger partial charge in [-0.25, -0.2) is 4.98 Å². The smallest absolute Gasteiger partial charge is 0.122 e. The van der Waals surface area contributed by atoms with E-state index in [1.54, 1.807) is 0 Å². The zero-order valence-electron chi connectivity index (χ0n) is 10.6. The summed E-state index contributed by atoms with van der Waals surface area (Å²) in [5, 5.41) is 7.62. The van der Waals surface area contributed by atoms with E-state index in [1.165, 1.54) is 11.3 Å². The van der Waals surface area contributed by atoms with E-state index < -0.39 is 0 Å². The molecule has 5 nitrogen and oxygen atoms in total. The number of nitrogens with zero attached hydrogens (tertiary/aromatic N) is 4. The van der Waals surface area contributed by atoms with Gasteiger partial charge < -0.3 is 9.88 Å². The number of aryl methyl sites for hydroxylation is 2. The van der Waals surface area contributed by atoms with Crippen molar-refractivity contribution in [2.45, 2.75) is 33.5 Å². The molecule has 2 aromatic heterocycles. The van der Waals surface area contributed by atoms with Crippen LogP contribution in [0.15, 0.2) is 18.6 Å². The standard InChI is InChI=1S/C12H19N5/c1-4-17-6-5-14-12(17)9-13-7-11-8-15-16(3)10(11)2/h5-6,8,13H,4,7,9H2,1-3H3. The highest BCUT2D eigenvalue weighted by Gasteiger charge is 2.04. The van der Waals surface area contributed by atoms with Crippen LogP contribution in [0.3, 0.4) is 0 Å². The normalized spacial score (nSPS) is 11.0. The van der Waals surface area contributed by atoms with Crippen molar-refractivity contribution in [2.24, 2.45) is 7.05 Å². The molecule has 92 valence electrons. The van der Waals surface area contributed by atoms with Crippen LogP contribution in [0.1, 0.15) is 24.0 Å². The Labute approximate surface area is 101 Å². The first-order valence-electron chi connectivity index (χ1n) is 5.90. The van der Waals surface area contributed by atoms with E-state index in [2.05, 4.69) is 33.8 Å². The number of rotatable bonds is 5. The van der Waals surface area contributed by atoms with E-state index in [4.69, 9.17) is 0 Å². The van der Waals surface area contributed by atoms with Crippen molar-refractivity contribution in [3.8, 4) is 0 Å². The SMILES string of the molecule is CCn1ccnc1CNCc1cnn(C)c1C. The van der Waals surface area contributed by atoms with Gasteiger partial charge in [0.15, 0.2) is 0 Å². The molecule has 2 rings (SSSR count). The molecule has 0 atom stereocenters. The molecule has 0 aromatic carbocycles. The molecule has 5 heteroatoms. The van der Waals surface area contributed by atoms with Gasteiger partial charge in [0.25, 0.3) is 0 Å². The predicted octanol–water partition coefficient (Wildman–Crippen LogP) is 1.23. The molecule has 0 fully saturated rings. The van der Waals surface area contributed by atoms with Crippen molar-refractivity contribution in [1.29, 1.82) is 0 Å². The van der Waals surface area contributed by atoms with Crippen molar-refractivity contribution < 1.29 is 0 Å². The molecule has 0 bridgehead atoms. The van der Waals surface area contributed by atoms with E-state index in [9.17, 15) is 0 Å². The van der Waals surface area contributed by atoms with E-state index in [-0.39, 0.29) is 0 Å². The Kier molecular flexibility index (Phi) is 3.58. The number of nitrogens with one attached hydrogen (secondary N) is 1. The first kappa shape index (κ1) is 11.9. The predicted molar refractivity (Wildman–Crippen MR) is 66.4 cm³/mol. The summed E-state index contributed by atoms with van der Waals surface area (Å²) >= 11 is 0. The van der Waals surface area contributed by atoms with Crippen molar-refractivity contribution in [3.05, 3.63) is 35.7 Å². The Morgan fingerprint density at radius 1 is 1.35 bits per heavy atom. The fourth-order valence-electron chi connectivity index (χ4n) is 1.82. The van der Waals surface area contributed by atoms with Crippen LogP contribution in [0, 0.1) is 6.92 Å². The molecule has 17 heavy (non-hydrogen) atoms. The second-order valence-corrected chi connectivity index (χ2v) is 4.11. The minimum atomic E-state index is 0.787. The van der Waals surface area contributed by atoms with Crippen LogP contribution in [-0.4, -0.2) is 19.3 Å². The van der Waals surface area contributed by atoms with Crippen LogP contribution in [0.4, 0.5) is 0 Å². The first-order chi connectivity index (χ1) is 8.22. The molecule has 2 heterocycles. The lowest BCUT2D eigenvalue weighted by Crippen LogP contribution is -2.16. The van der Waals surface area contributed by atoms with Gasteiger partial charge in [-0.2, -0.15) is 5.10 Å². The summed E-state index contributed by atoms with van der Waals surface area (Å²) in [6.45, 7) is 6.78. The highest BCUT2D eigenvalue weighted by atomic mass is 15.3. The van der Waals surface area contributed by atoms with Crippen molar-refractivity contribution >= 4 is 0 Å². The monoisotopic (exact) mass is 233 g/mol. The third-order valence-corrected chi connectivity index (χ3v) is 3.08. The summed E-state index contributed by atoms with van der Waals surface area (Å²) < 4.78 is 4.03. The topological polar surface area (TPSA) is 47.7 Å². The highest BCUT2D eigenvalue weighted by molar-refractivity contribution is 5.15. The molecule has 2 aromatic rings. The van der Waals surface area contributed by atoms with E-state index >= 15 is 0 Å². The third kappa shape index (κ3) is 2.55. The largest absolute Gasteiger partial charge is 0.334 e. The molecule has 0 aliphatic rings. The van der Waals surface area contributed by atoms with Gasteiger partial charge in [0.2, 0.25) is 0 Å². The molecular weight excluding hydrogens is 214 g/mol. The van der Waals surface area contributed by atoms with Crippen LogP contribution in [-0.2, 0) is 26.7 Å². The summed E-state index contributed by atoms with van der Waals surface area (Å²) in [6.07, 6.45) is 5.76. The van der Waals surface area contributed by atoms with Crippen molar-refractivity contribution in [3.63, 3.8) is 0 Å². The summed E-state index contributed by atoms with van der Waals surface area (Å²) in [5.74, 6) is 1.08. The second kappa shape index (κ2) is 5.14. The second-order valence-electron chi connectivity index (χ2n) is 4.11. The first-order valence-corrected chi connectivity index (χ1v) is 5.90. The van der Waals surface area contributed by atoms with Gasteiger partial charge in [0, 0.05) is 43.8 Å². The average Bonchev–Trinajstić information content (AvgIpc) is 2.90. The molecule has 0 saturated carbocycles. The maximum absolute atomic E-state index is 4.33. The summed E-state index contributed by atoms with van der Waals surface area (Å²) in [7, 11) is 1.96. The fourth-order valence-corrected chi connectivity index (χ4v) is 1.82. The lowest BCUT2D eigenvalue weighted by molar-refractivity contribution is 0.611. The minimum Gasteiger partial charge on any atom is -0.334 e. The molecule has 0 aliphatic carbocycles. The minimum absolute atomic E-state index is 0.787. The maximum atomic E-state index is 4.33. The number of aromatic nitrogens is 4. The fraction of sp³-hybridized carbons (Fsp3) is 0.500. The van der Waals surface area contributed by atoms with E-state index in [0.717, 1.165) is 25.5 Å². The van der Waals surface area contributed by atoms with Gasteiger partial charge in [0.05, 0.1) is 12.7 Å². The number of imidazole rings is 1. The van der Waals surface area contributed by atoms with Gasteiger partial charge in [-0.3, -0.25) is 4.68 Å². The van der Waals surface area contributed by atoms with Gasteiger partial charge in [-0.1, -0.05) is 0 Å². The summed E-state index contributed by atoms with van der Waals surface area (Å²) in [4.78, 5) is 4.33. The molecule has 0 saturated heterocycles. The Balaban J connectivity index is 1.90. The third-order valence-electron chi connectivity index (χ3n) is 3.08. The zero-order chi connectivity index (χ0) is 12.3. The zero-order valence-corrected chi connectivity index (χ0v) is 10.6. The Hall–Kier alpha value is -1.62. The van der Waals surface area contributed by atoms with E-state index in [1.807, 2.05) is 30.3 Å².